The minimum Gasteiger partial charge on any atom is -0.322 e. The summed E-state index contributed by atoms with van der Waals surface area (Å²) < 4.78 is 0. The Kier molecular flexibility index (Phi) is 3.69. The molecule has 3 aromatic rings. The van der Waals surface area contributed by atoms with Gasteiger partial charge in [0.2, 0.25) is 5.56 Å². The Morgan fingerprint density at radius 2 is 1.82 bits per heavy atom. The Hall–Kier alpha value is -2.59. The summed E-state index contributed by atoms with van der Waals surface area (Å²) in [4.78, 5) is 26.4. The minimum absolute atomic E-state index is 0.136. The first-order valence-electron chi connectivity index (χ1n) is 6.73. The van der Waals surface area contributed by atoms with Crippen LogP contribution >= 0.6 is 11.6 Å². The van der Waals surface area contributed by atoms with Crippen LogP contribution in [0.25, 0.3) is 10.9 Å². The molecule has 4 nitrogen and oxygen atoms in total. The SMILES string of the molecule is Cc1cc(=O)[nH]c2ccc(NC(=O)c3ccc(Cl)cc3)cc12. The zero-order valence-electron chi connectivity index (χ0n) is 11.8. The number of pyridine rings is 1. The highest BCUT2D eigenvalue weighted by Gasteiger charge is 2.07. The molecule has 0 unspecified atom stereocenters. The maximum atomic E-state index is 12.2. The molecule has 2 N–H and O–H groups in total. The predicted octanol–water partition coefficient (Wildman–Crippen LogP) is 3.74. The van der Waals surface area contributed by atoms with Crippen LogP contribution in [-0.2, 0) is 0 Å². The first kappa shape index (κ1) is 14.4. The molecule has 0 aliphatic carbocycles. The van der Waals surface area contributed by atoms with Crippen LogP contribution in [-0.4, -0.2) is 10.9 Å². The van der Waals surface area contributed by atoms with E-state index in [1.54, 1.807) is 36.4 Å². The van der Waals surface area contributed by atoms with Crippen LogP contribution in [0.4, 0.5) is 5.69 Å². The number of H-pyrrole nitrogens is 1. The van der Waals surface area contributed by atoms with Gasteiger partial charge in [-0.15, -0.1) is 0 Å². The van der Waals surface area contributed by atoms with Crippen molar-refractivity contribution in [3.8, 4) is 0 Å². The topological polar surface area (TPSA) is 62.0 Å². The fraction of sp³-hybridized carbons (Fsp3) is 0.0588. The van der Waals surface area contributed by atoms with E-state index in [4.69, 9.17) is 11.6 Å². The number of hydrogen-bond donors (Lipinski definition) is 2. The van der Waals surface area contributed by atoms with E-state index in [-0.39, 0.29) is 11.5 Å². The Labute approximate surface area is 131 Å². The molecular weight excluding hydrogens is 300 g/mol. The van der Waals surface area contributed by atoms with Crippen molar-refractivity contribution in [3.05, 3.63) is 75.0 Å². The molecule has 1 amide bonds. The van der Waals surface area contributed by atoms with Gasteiger partial charge in [-0.25, -0.2) is 0 Å². The number of rotatable bonds is 2. The van der Waals surface area contributed by atoms with Gasteiger partial charge < -0.3 is 10.3 Å². The van der Waals surface area contributed by atoms with E-state index in [0.717, 1.165) is 16.5 Å². The van der Waals surface area contributed by atoms with Crippen LogP contribution in [0.5, 0.6) is 0 Å². The number of halogens is 1. The molecule has 0 spiro atoms. The normalized spacial score (nSPS) is 10.6. The largest absolute Gasteiger partial charge is 0.322 e. The first-order chi connectivity index (χ1) is 10.5. The lowest BCUT2D eigenvalue weighted by atomic mass is 10.1. The van der Waals surface area contributed by atoms with Crippen molar-refractivity contribution in [2.75, 3.05) is 5.32 Å². The predicted molar refractivity (Wildman–Crippen MR) is 88.7 cm³/mol. The van der Waals surface area contributed by atoms with Crippen molar-refractivity contribution in [1.82, 2.24) is 4.98 Å². The summed E-state index contributed by atoms with van der Waals surface area (Å²) in [7, 11) is 0. The molecule has 110 valence electrons. The van der Waals surface area contributed by atoms with Gasteiger partial charge in [-0.1, -0.05) is 11.6 Å². The molecule has 0 fully saturated rings. The number of carbonyl (C=O) groups excluding carboxylic acids is 1. The number of benzene rings is 2. The van der Waals surface area contributed by atoms with Gasteiger partial charge in [-0.2, -0.15) is 0 Å². The molecule has 1 heterocycles. The number of aromatic amines is 1. The number of hydrogen-bond acceptors (Lipinski definition) is 2. The molecule has 3 rings (SSSR count). The highest BCUT2D eigenvalue weighted by atomic mass is 35.5. The number of fused-ring (bicyclic) bond motifs is 1. The molecule has 0 saturated heterocycles. The van der Waals surface area contributed by atoms with E-state index in [9.17, 15) is 9.59 Å². The number of aromatic nitrogens is 1. The maximum absolute atomic E-state index is 12.2. The molecule has 2 aromatic carbocycles. The fourth-order valence-corrected chi connectivity index (χ4v) is 2.43. The number of nitrogens with one attached hydrogen (secondary N) is 2. The van der Waals surface area contributed by atoms with E-state index in [1.807, 2.05) is 13.0 Å². The van der Waals surface area contributed by atoms with Crippen molar-refractivity contribution in [2.24, 2.45) is 0 Å². The Morgan fingerprint density at radius 3 is 2.55 bits per heavy atom. The maximum Gasteiger partial charge on any atom is 0.255 e. The summed E-state index contributed by atoms with van der Waals surface area (Å²) in [6.45, 7) is 1.86. The standard InChI is InChI=1S/C17H13ClN2O2/c1-10-8-16(21)20-15-7-6-13(9-14(10)15)19-17(22)11-2-4-12(18)5-3-11/h2-9H,1H3,(H,19,22)(H,20,21). The number of aryl methyl sites for hydroxylation is 1. The van der Waals surface area contributed by atoms with Crippen LogP contribution in [0.15, 0.2) is 53.3 Å². The number of anilines is 1. The second-order valence-electron chi connectivity index (χ2n) is 5.04. The quantitative estimate of drug-likeness (QED) is 0.757. The van der Waals surface area contributed by atoms with E-state index in [0.29, 0.717) is 16.3 Å². The third-order valence-electron chi connectivity index (χ3n) is 3.41. The van der Waals surface area contributed by atoms with Gasteiger partial charge in [0.1, 0.15) is 0 Å². The van der Waals surface area contributed by atoms with Crippen LogP contribution in [0.2, 0.25) is 5.02 Å². The zero-order valence-corrected chi connectivity index (χ0v) is 12.6. The molecule has 0 atom stereocenters. The molecule has 5 heteroatoms. The average molecular weight is 313 g/mol. The Bertz CT molecular complexity index is 914. The molecule has 0 radical (unpaired) electrons. The number of carbonyl (C=O) groups is 1. The Morgan fingerprint density at radius 1 is 1.09 bits per heavy atom. The molecule has 0 aliphatic rings. The van der Waals surface area contributed by atoms with E-state index >= 15 is 0 Å². The summed E-state index contributed by atoms with van der Waals surface area (Å²) in [5, 5.41) is 4.32. The smallest absolute Gasteiger partial charge is 0.255 e. The molecule has 1 aromatic heterocycles. The van der Waals surface area contributed by atoms with Gasteiger partial charge in [0, 0.05) is 33.2 Å². The second kappa shape index (κ2) is 5.66. The second-order valence-corrected chi connectivity index (χ2v) is 5.47. The molecular formula is C17H13ClN2O2. The highest BCUT2D eigenvalue weighted by molar-refractivity contribution is 6.30. The molecule has 0 saturated carbocycles. The van der Waals surface area contributed by atoms with Gasteiger partial charge in [0.05, 0.1) is 0 Å². The third kappa shape index (κ3) is 2.87. The summed E-state index contributed by atoms with van der Waals surface area (Å²) >= 11 is 5.81. The van der Waals surface area contributed by atoms with Crippen molar-refractivity contribution in [3.63, 3.8) is 0 Å². The Balaban J connectivity index is 1.92. The van der Waals surface area contributed by atoms with Gasteiger partial charge >= 0.3 is 0 Å². The van der Waals surface area contributed by atoms with Crippen LogP contribution in [0.1, 0.15) is 15.9 Å². The summed E-state index contributed by atoms with van der Waals surface area (Å²) in [6.07, 6.45) is 0. The van der Waals surface area contributed by atoms with Crippen LogP contribution in [0.3, 0.4) is 0 Å². The molecule has 22 heavy (non-hydrogen) atoms. The number of amides is 1. The van der Waals surface area contributed by atoms with E-state index in [2.05, 4.69) is 10.3 Å². The first-order valence-corrected chi connectivity index (χ1v) is 7.11. The molecule has 0 aliphatic heterocycles. The minimum atomic E-state index is -0.210. The van der Waals surface area contributed by atoms with Crippen LogP contribution in [0, 0.1) is 6.92 Å². The van der Waals surface area contributed by atoms with Gasteiger partial charge in [0.25, 0.3) is 5.91 Å². The van der Waals surface area contributed by atoms with Crippen molar-refractivity contribution in [2.45, 2.75) is 6.92 Å². The van der Waals surface area contributed by atoms with Crippen LogP contribution < -0.4 is 10.9 Å². The molecule has 0 bridgehead atoms. The highest BCUT2D eigenvalue weighted by Crippen LogP contribution is 2.20. The summed E-state index contributed by atoms with van der Waals surface area (Å²) in [5.41, 5.74) is 2.67. The third-order valence-corrected chi connectivity index (χ3v) is 3.67. The van der Waals surface area contributed by atoms with Gasteiger partial charge in [0.15, 0.2) is 0 Å². The fourth-order valence-electron chi connectivity index (χ4n) is 2.30. The van der Waals surface area contributed by atoms with Gasteiger partial charge in [-0.3, -0.25) is 9.59 Å². The summed E-state index contributed by atoms with van der Waals surface area (Å²) in [6, 6.07) is 13.6. The van der Waals surface area contributed by atoms with Crippen molar-refractivity contribution >= 4 is 34.1 Å². The lowest BCUT2D eigenvalue weighted by Crippen LogP contribution is -2.12. The summed E-state index contributed by atoms with van der Waals surface area (Å²) in [5.74, 6) is -0.210. The van der Waals surface area contributed by atoms with E-state index < -0.39 is 0 Å². The van der Waals surface area contributed by atoms with Crippen molar-refractivity contribution < 1.29 is 4.79 Å². The van der Waals surface area contributed by atoms with Gasteiger partial charge in [-0.05, 0) is 55.0 Å². The van der Waals surface area contributed by atoms with E-state index in [1.165, 1.54) is 6.07 Å². The lowest BCUT2D eigenvalue weighted by molar-refractivity contribution is 0.102. The zero-order chi connectivity index (χ0) is 15.7. The lowest BCUT2D eigenvalue weighted by Gasteiger charge is -2.08. The van der Waals surface area contributed by atoms with Crippen molar-refractivity contribution in [1.29, 1.82) is 0 Å². The monoisotopic (exact) mass is 312 g/mol. The average Bonchev–Trinajstić information content (AvgIpc) is 2.48.